The zero-order valence-corrected chi connectivity index (χ0v) is 20.7. The van der Waals surface area contributed by atoms with Crippen LogP contribution in [0, 0.1) is 11.8 Å². The van der Waals surface area contributed by atoms with E-state index in [9.17, 15) is 14.7 Å². The summed E-state index contributed by atoms with van der Waals surface area (Å²) in [5.41, 5.74) is 1.94. The molecule has 1 unspecified atom stereocenters. The molecule has 9 nitrogen and oxygen atoms in total. The highest BCUT2D eigenvalue weighted by atomic mass is 32.1. The molecule has 0 spiro atoms. The predicted octanol–water partition coefficient (Wildman–Crippen LogP) is 2.74. The van der Waals surface area contributed by atoms with Crippen molar-refractivity contribution in [1.29, 1.82) is 0 Å². The smallest absolute Gasteiger partial charge is 0.310 e. The first-order valence-electron chi connectivity index (χ1n) is 11.6. The third-order valence-electron chi connectivity index (χ3n) is 6.53. The first-order chi connectivity index (χ1) is 17.0. The van der Waals surface area contributed by atoms with Gasteiger partial charge in [-0.05, 0) is 43.5 Å². The molecule has 2 aromatic heterocycles. The number of esters is 1. The number of likely N-dealkylation sites (tertiary alicyclic amines) is 1. The van der Waals surface area contributed by atoms with Crippen LogP contribution in [0.5, 0.6) is 5.75 Å². The number of carbonyl (C=O) groups excluding carboxylic acids is 2. The Morgan fingerprint density at radius 2 is 2.17 bits per heavy atom. The fraction of sp³-hybridized carbons (Fsp3) is 0.440. The molecular formula is C25H30N4O5S. The summed E-state index contributed by atoms with van der Waals surface area (Å²) in [7, 11) is 2.97. The standard InChI is InChI=1S/C25H30N4O5S/c1-33-17-12-19-16(4-3-5-21(19)27-13-17)6-7-22(30)18-8-10-29(14-20(18)24(32)34-2)15-23(31)28-25-26-9-11-35-25/h3-5,9,11-13,18,20,22,30H,6-8,10,14-15H2,1-2H3,(H,26,28,31)/t18-,20+,22?/m1/s1. The Morgan fingerprint density at radius 3 is 2.91 bits per heavy atom. The lowest BCUT2D eigenvalue weighted by atomic mass is 9.79. The molecule has 2 N–H and O–H groups in total. The molecule has 4 rings (SSSR count). The molecular weight excluding hydrogens is 468 g/mol. The van der Waals surface area contributed by atoms with E-state index in [0.29, 0.717) is 43.2 Å². The van der Waals surface area contributed by atoms with Gasteiger partial charge >= 0.3 is 5.97 Å². The van der Waals surface area contributed by atoms with Crippen LogP contribution in [-0.4, -0.2) is 71.8 Å². The van der Waals surface area contributed by atoms with Crippen LogP contribution in [0.2, 0.25) is 0 Å². The summed E-state index contributed by atoms with van der Waals surface area (Å²) < 4.78 is 10.4. The van der Waals surface area contributed by atoms with Gasteiger partial charge in [-0.2, -0.15) is 0 Å². The van der Waals surface area contributed by atoms with Gasteiger partial charge < -0.3 is 19.9 Å². The first kappa shape index (κ1) is 25.0. The molecule has 1 aliphatic rings. The summed E-state index contributed by atoms with van der Waals surface area (Å²) in [5, 5.41) is 17.2. The molecule has 0 saturated carbocycles. The van der Waals surface area contributed by atoms with Crippen LogP contribution in [0.3, 0.4) is 0 Å². The Morgan fingerprint density at radius 1 is 1.31 bits per heavy atom. The number of hydrogen-bond donors (Lipinski definition) is 2. The Labute approximate surface area is 208 Å². The van der Waals surface area contributed by atoms with Crippen LogP contribution in [-0.2, 0) is 20.7 Å². The molecule has 0 bridgehead atoms. The highest BCUT2D eigenvalue weighted by Crippen LogP contribution is 2.31. The van der Waals surface area contributed by atoms with E-state index in [4.69, 9.17) is 9.47 Å². The van der Waals surface area contributed by atoms with Gasteiger partial charge in [0.2, 0.25) is 5.91 Å². The van der Waals surface area contributed by atoms with E-state index in [1.165, 1.54) is 18.4 Å². The lowest BCUT2D eigenvalue weighted by Crippen LogP contribution is -2.49. The minimum absolute atomic E-state index is 0.153. The summed E-state index contributed by atoms with van der Waals surface area (Å²) in [6.45, 7) is 1.12. The van der Waals surface area contributed by atoms with Gasteiger partial charge in [0, 0.05) is 29.4 Å². The van der Waals surface area contributed by atoms with Crippen LogP contribution < -0.4 is 10.1 Å². The average molecular weight is 499 g/mol. The fourth-order valence-corrected chi connectivity index (χ4v) is 5.27. The second kappa shape index (κ2) is 11.6. The van der Waals surface area contributed by atoms with Gasteiger partial charge in [0.1, 0.15) is 5.75 Å². The number of aryl methyl sites for hydroxylation is 1. The molecule has 3 atom stereocenters. The Bertz CT molecular complexity index is 1160. The lowest BCUT2D eigenvalue weighted by molar-refractivity contribution is -0.153. The zero-order chi connectivity index (χ0) is 24.8. The van der Waals surface area contributed by atoms with Gasteiger partial charge in [-0.3, -0.25) is 19.5 Å². The van der Waals surface area contributed by atoms with Crippen molar-refractivity contribution in [3.8, 4) is 5.75 Å². The van der Waals surface area contributed by atoms with E-state index in [-0.39, 0.29) is 24.3 Å². The van der Waals surface area contributed by atoms with Crippen molar-refractivity contribution in [3.05, 3.63) is 47.6 Å². The largest absolute Gasteiger partial charge is 0.495 e. The number of aromatic nitrogens is 2. The summed E-state index contributed by atoms with van der Waals surface area (Å²) in [4.78, 5) is 35.4. The molecule has 10 heteroatoms. The van der Waals surface area contributed by atoms with E-state index in [2.05, 4.69) is 15.3 Å². The van der Waals surface area contributed by atoms with Gasteiger partial charge in [-0.1, -0.05) is 12.1 Å². The van der Waals surface area contributed by atoms with Crippen LogP contribution >= 0.6 is 11.3 Å². The van der Waals surface area contributed by atoms with Gasteiger partial charge in [-0.25, -0.2) is 4.98 Å². The molecule has 3 aromatic rings. The minimum atomic E-state index is -0.681. The number of pyridine rings is 1. The summed E-state index contributed by atoms with van der Waals surface area (Å²) in [5.74, 6) is -0.614. The van der Waals surface area contributed by atoms with Crippen molar-refractivity contribution in [2.24, 2.45) is 11.8 Å². The maximum Gasteiger partial charge on any atom is 0.310 e. The van der Waals surface area contributed by atoms with Crippen LogP contribution in [0.4, 0.5) is 5.13 Å². The van der Waals surface area contributed by atoms with Crippen LogP contribution in [0.1, 0.15) is 18.4 Å². The number of aliphatic hydroxyl groups excluding tert-OH is 1. The molecule has 3 heterocycles. The number of carbonyl (C=O) groups is 2. The number of anilines is 1. The lowest BCUT2D eigenvalue weighted by Gasteiger charge is -2.38. The van der Waals surface area contributed by atoms with Gasteiger partial charge in [0.05, 0.1) is 44.5 Å². The minimum Gasteiger partial charge on any atom is -0.495 e. The van der Waals surface area contributed by atoms with Crippen LogP contribution in [0.15, 0.2) is 42.0 Å². The van der Waals surface area contributed by atoms with E-state index in [1.54, 1.807) is 24.9 Å². The second-order valence-electron chi connectivity index (χ2n) is 8.67. The highest BCUT2D eigenvalue weighted by Gasteiger charge is 2.39. The fourth-order valence-electron chi connectivity index (χ4n) is 4.73. The summed E-state index contributed by atoms with van der Waals surface area (Å²) in [6, 6.07) is 7.88. The molecule has 1 aliphatic heterocycles. The number of fused-ring (bicyclic) bond motifs is 1. The van der Waals surface area contributed by atoms with E-state index in [1.807, 2.05) is 29.2 Å². The number of piperidine rings is 1. The summed E-state index contributed by atoms with van der Waals surface area (Å²) in [6.07, 6.45) is 4.37. The Hall–Kier alpha value is -3.08. The number of benzene rings is 1. The van der Waals surface area contributed by atoms with Crippen molar-refractivity contribution in [2.75, 3.05) is 39.2 Å². The molecule has 1 amide bonds. The SMILES string of the molecule is COC(=O)[C@H]1CN(CC(=O)Nc2nccs2)CC[C@H]1C(O)CCc1cccc2ncc(OC)cc12. The van der Waals surface area contributed by atoms with E-state index in [0.717, 1.165) is 16.5 Å². The molecule has 35 heavy (non-hydrogen) atoms. The van der Waals surface area contributed by atoms with Crippen molar-refractivity contribution in [1.82, 2.24) is 14.9 Å². The van der Waals surface area contributed by atoms with Crippen molar-refractivity contribution in [3.63, 3.8) is 0 Å². The number of rotatable bonds is 9. The van der Waals surface area contributed by atoms with Gasteiger partial charge in [0.25, 0.3) is 0 Å². The first-order valence-corrected chi connectivity index (χ1v) is 12.5. The van der Waals surface area contributed by atoms with Crippen molar-refractivity contribution in [2.45, 2.75) is 25.4 Å². The molecule has 1 saturated heterocycles. The number of aliphatic hydroxyl groups is 1. The number of methoxy groups -OCH3 is 2. The molecule has 0 aliphatic carbocycles. The Kier molecular flexibility index (Phi) is 8.27. The third kappa shape index (κ3) is 6.14. The van der Waals surface area contributed by atoms with E-state index >= 15 is 0 Å². The third-order valence-corrected chi connectivity index (χ3v) is 7.22. The van der Waals surface area contributed by atoms with Crippen LogP contribution in [0.25, 0.3) is 10.9 Å². The maximum absolute atomic E-state index is 12.6. The normalized spacial score (nSPS) is 19.3. The highest BCUT2D eigenvalue weighted by molar-refractivity contribution is 7.13. The monoisotopic (exact) mass is 498 g/mol. The molecule has 1 aromatic carbocycles. The average Bonchev–Trinajstić information content (AvgIpc) is 3.39. The predicted molar refractivity (Wildman–Crippen MR) is 133 cm³/mol. The number of thiazole rings is 1. The number of ether oxygens (including phenoxy) is 2. The quantitative estimate of drug-likeness (QED) is 0.433. The topological polar surface area (TPSA) is 114 Å². The number of hydrogen-bond acceptors (Lipinski definition) is 9. The van der Waals surface area contributed by atoms with Crippen molar-refractivity contribution < 1.29 is 24.2 Å². The number of nitrogens with zero attached hydrogens (tertiary/aromatic N) is 3. The van der Waals surface area contributed by atoms with Gasteiger partial charge in [0.15, 0.2) is 5.13 Å². The maximum atomic E-state index is 12.6. The number of nitrogens with one attached hydrogen (secondary N) is 1. The number of amides is 1. The molecule has 1 fully saturated rings. The second-order valence-corrected chi connectivity index (χ2v) is 9.56. The van der Waals surface area contributed by atoms with Gasteiger partial charge in [-0.15, -0.1) is 11.3 Å². The van der Waals surface area contributed by atoms with E-state index < -0.39 is 12.0 Å². The van der Waals surface area contributed by atoms with Crippen molar-refractivity contribution >= 4 is 39.2 Å². The zero-order valence-electron chi connectivity index (χ0n) is 19.8. The Balaban J connectivity index is 1.40. The summed E-state index contributed by atoms with van der Waals surface area (Å²) >= 11 is 1.35. The molecule has 186 valence electrons. The molecule has 0 radical (unpaired) electrons.